The second-order valence-corrected chi connectivity index (χ2v) is 5.28. The lowest BCUT2D eigenvalue weighted by molar-refractivity contribution is -0.139. The van der Waals surface area contributed by atoms with E-state index in [0.717, 1.165) is 25.8 Å². The van der Waals surface area contributed by atoms with Crippen LogP contribution in [-0.2, 0) is 16.0 Å². The molecule has 1 aromatic carbocycles. The van der Waals surface area contributed by atoms with E-state index in [0.29, 0.717) is 6.42 Å². The Kier molecular flexibility index (Phi) is 3.34. The Morgan fingerprint density at radius 1 is 1.16 bits per heavy atom. The van der Waals surface area contributed by atoms with Crippen molar-refractivity contribution in [1.82, 2.24) is 10.2 Å². The number of amides is 2. The molecule has 3 rings (SSSR count). The van der Waals surface area contributed by atoms with Crippen molar-refractivity contribution in [1.29, 1.82) is 0 Å². The Morgan fingerprint density at radius 3 is 2.58 bits per heavy atom. The largest absolute Gasteiger partial charge is 0.305 e. The number of carbonyl (C=O) groups is 2. The van der Waals surface area contributed by atoms with Gasteiger partial charge in [0.25, 0.3) is 0 Å². The summed E-state index contributed by atoms with van der Waals surface area (Å²) in [7, 11) is 0. The molecule has 1 aliphatic carbocycles. The fourth-order valence-electron chi connectivity index (χ4n) is 2.56. The second-order valence-electron chi connectivity index (χ2n) is 5.28. The van der Waals surface area contributed by atoms with E-state index >= 15 is 0 Å². The minimum Gasteiger partial charge on any atom is -0.305 e. The number of nitrogens with one attached hydrogen (secondary N) is 1. The molecule has 0 aromatic heterocycles. The van der Waals surface area contributed by atoms with Crippen LogP contribution in [0.4, 0.5) is 0 Å². The minimum atomic E-state index is -0.309. The predicted octanol–water partition coefficient (Wildman–Crippen LogP) is 1.11. The van der Waals surface area contributed by atoms with Gasteiger partial charge in [0.1, 0.15) is 0 Å². The fraction of sp³-hybridized carbons (Fsp3) is 0.467. The fourth-order valence-corrected chi connectivity index (χ4v) is 2.56. The van der Waals surface area contributed by atoms with Gasteiger partial charge in [0.2, 0.25) is 11.8 Å². The number of rotatable bonds is 5. The highest BCUT2D eigenvalue weighted by atomic mass is 16.2. The number of imide groups is 1. The molecule has 0 spiro atoms. The summed E-state index contributed by atoms with van der Waals surface area (Å²) >= 11 is 0. The van der Waals surface area contributed by atoms with Crippen molar-refractivity contribution in [2.45, 2.75) is 37.8 Å². The molecule has 2 amide bonds. The third-order valence-electron chi connectivity index (χ3n) is 3.74. The van der Waals surface area contributed by atoms with Crippen LogP contribution >= 0.6 is 0 Å². The quantitative estimate of drug-likeness (QED) is 0.805. The van der Waals surface area contributed by atoms with Crippen molar-refractivity contribution in [2.75, 3.05) is 6.54 Å². The first-order valence-corrected chi connectivity index (χ1v) is 6.89. The first-order chi connectivity index (χ1) is 9.25. The van der Waals surface area contributed by atoms with Crippen LogP contribution in [0.25, 0.3) is 0 Å². The van der Waals surface area contributed by atoms with Gasteiger partial charge in [-0.2, -0.15) is 0 Å². The summed E-state index contributed by atoms with van der Waals surface area (Å²) < 4.78 is 0. The van der Waals surface area contributed by atoms with Crippen molar-refractivity contribution in [2.24, 2.45) is 0 Å². The molecule has 1 unspecified atom stereocenters. The molecule has 1 aliphatic heterocycles. The van der Waals surface area contributed by atoms with Gasteiger partial charge in [0, 0.05) is 6.04 Å². The lowest BCUT2D eigenvalue weighted by Crippen LogP contribution is -2.40. The monoisotopic (exact) mass is 258 g/mol. The molecule has 2 fully saturated rings. The second kappa shape index (κ2) is 5.13. The molecule has 1 saturated carbocycles. The van der Waals surface area contributed by atoms with E-state index in [1.807, 2.05) is 18.2 Å². The van der Waals surface area contributed by atoms with Crippen molar-refractivity contribution >= 4 is 11.8 Å². The molecular weight excluding hydrogens is 240 g/mol. The summed E-state index contributed by atoms with van der Waals surface area (Å²) in [5.74, 6) is -0.0368. The molecule has 0 bridgehead atoms. The van der Waals surface area contributed by atoms with E-state index in [1.165, 1.54) is 10.5 Å². The summed E-state index contributed by atoms with van der Waals surface area (Å²) in [6, 6.07) is 10.0. The number of nitrogens with zero attached hydrogens (tertiary/aromatic N) is 1. The zero-order valence-electron chi connectivity index (χ0n) is 10.8. The molecule has 1 N–H and O–H groups in total. The average Bonchev–Trinajstić information content (AvgIpc) is 3.19. The molecule has 1 saturated heterocycles. The SMILES string of the molecule is O=C1CC(NCCc2ccccc2)C(=O)N1C1CC1. The van der Waals surface area contributed by atoms with Gasteiger partial charge in [-0.1, -0.05) is 30.3 Å². The standard InChI is InChI=1S/C15H18N2O2/c18-14-10-13(15(19)17(14)12-6-7-12)16-9-8-11-4-2-1-3-5-11/h1-5,12-13,16H,6-10H2. The van der Waals surface area contributed by atoms with E-state index in [2.05, 4.69) is 17.4 Å². The van der Waals surface area contributed by atoms with Gasteiger partial charge in [-0.25, -0.2) is 0 Å². The maximum Gasteiger partial charge on any atom is 0.247 e. The zero-order valence-corrected chi connectivity index (χ0v) is 10.8. The van der Waals surface area contributed by atoms with E-state index in [9.17, 15) is 9.59 Å². The highest BCUT2D eigenvalue weighted by molar-refractivity contribution is 6.06. The van der Waals surface area contributed by atoms with Crippen LogP contribution in [0.3, 0.4) is 0 Å². The third-order valence-corrected chi connectivity index (χ3v) is 3.74. The smallest absolute Gasteiger partial charge is 0.247 e. The van der Waals surface area contributed by atoms with E-state index in [1.54, 1.807) is 0 Å². The lowest BCUT2D eigenvalue weighted by Gasteiger charge is -2.14. The van der Waals surface area contributed by atoms with Crippen LogP contribution in [0.1, 0.15) is 24.8 Å². The molecule has 1 heterocycles. The van der Waals surface area contributed by atoms with Crippen LogP contribution in [0.2, 0.25) is 0 Å². The van der Waals surface area contributed by atoms with E-state index in [-0.39, 0.29) is 23.9 Å². The van der Waals surface area contributed by atoms with Gasteiger partial charge < -0.3 is 5.32 Å². The number of hydrogen-bond acceptors (Lipinski definition) is 3. The summed E-state index contributed by atoms with van der Waals surface area (Å²) in [4.78, 5) is 25.3. The van der Waals surface area contributed by atoms with Crippen molar-refractivity contribution in [3.05, 3.63) is 35.9 Å². The number of benzene rings is 1. The predicted molar refractivity (Wildman–Crippen MR) is 71.4 cm³/mol. The van der Waals surface area contributed by atoms with Crippen molar-refractivity contribution < 1.29 is 9.59 Å². The van der Waals surface area contributed by atoms with Crippen LogP contribution < -0.4 is 5.32 Å². The lowest BCUT2D eigenvalue weighted by atomic mass is 10.1. The van der Waals surface area contributed by atoms with Gasteiger partial charge in [-0.3, -0.25) is 14.5 Å². The van der Waals surface area contributed by atoms with E-state index in [4.69, 9.17) is 0 Å². The summed E-state index contributed by atoms with van der Waals surface area (Å²) in [6.45, 7) is 0.728. The maximum absolute atomic E-state index is 12.1. The normalized spacial score (nSPS) is 23.2. The highest BCUT2D eigenvalue weighted by Crippen LogP contribution is 2.31. The van der Waals surface area contributed by atoms with Gasteiger partial charge in [0.05, 0.1) is 12.5 Å². The van der Waals surface area contributed by atoms with Crippen LogP contribution in [0.15, 0.2) is 30.3 Å². The Morgan fingerprint density at radius 2 is 1.89 bits per heavy atom. The molecule has 19 heavy (non-hydrogen) atoms. The summed E-state index contributed by atoms with van der Waals surface area (Å²) in [6.07, 6.45) is 3.16. The average molecular weight is 258 g/mol. The van der Waals surface area contributed by atoms with Gasteiger partial charge in [-0.05, 0) is 31.4 Å². The van der Waals surface area contributed by atoms with E-state index < -0.39 is 0 Å². The first-order valence-electron chi connectivity index (χ1n) is 6.89. The zero-order chi connectivity index (χ0) is 13.2. The summed E-state index contributed by atoms with van der Waals surface area (Å²) in [5, 5.41) is 3.21. The van der Waals surface area contributed by atoms with Gasteiger partial charge >= 0.3 is 0 Å². The Labute approximate surface area is 112 Å². The molecular formula is C15H18N2O2. The van der Waals surface area contributed by atoms with Gasteiger partial charge in [-0.15, -0.1) is 0 Å². The molecule has 4 nitrogen and oxygen atoms in total. The summed E-state index contributed by atoms with van der Waals surface area (Å²) in [5.41, 5.74) is 1.24. The molecule has 1 aromatic rings. The Hall–Kier alpha value is -1.68. The maximum atomic E-state index is 12.1. The topological polar surface area (TPSA) is 49.4 Å². The van der Waals surface area contributed by atoms with Gasteiger partial charge in [0.15, 0.2) is 0 Å². The van der Waals surface area contributed by atoms with Crippen LogP contribution in [0, 0.1) is 0 Å². The highest BCUT2D eigenvalue weighted by Gasteiger charge is 2.45. The number of hydrogen-bond donors (Lipinski definition) is 1. The Bertz CT molecular complexity index is 482. The van der Waals surface area contributed by atoms with Crippen LogP contribution in [-0.4, -0.2) is 35.3 Å². The van der Waals surface area contributed by atoms with Crippen LogP contribution in [0.5, 0.6) is 0 Å². The molecule has 4 heteroatoms. The molecule has 100 valence electrons. The molecule has 1 atom stereocenters. The Balaban J connectivity index is 1.51. The molecule has 2 aliphatic rings. The number of likely N-dealkylation sites (tertiary alicyclic amines) is 1. The van der Waals surface area contributed by atoms with Crippen molar-refractivity contribution in [3.63, 3.8) is 0 Å². The molecule has 0 radical (unpaired) electrons. The van der Waals surface area contributed by atoms with Crippen molar-refractivity contribution in [3.8, 4) is 0 Å². The third kappa shape index (κ3) is 2.68. The first kappa shape index (κ1) is 12.4. The number of carbonyl (C=O) groups excluding carboxylic acids is 2. The minimum absolute atomic E-state index is 0.00953.